The Morgan fingerprint density at radius 1 is 1.13 bits per heavy atom. The number of nitrogens with one attached hydrogen (secondary N) is 2. The van der Waals surface area contributed by atoms with E-state index in [2.05, 4.69) is 10.6 Å². The van der Waals surface area contributed by atoms with Crippen molar-refractivity contribution in [1.29, 1.82) is 0 Å². The maximum atomic E-state index is 14.2. The van der Waals surface area contributed by atoms with Crippen molar-refractivity contribution in [2.45, 2.75) is 38.5 Å². The number of ether oxygens (including phenoxy) is 1. The number of hydrogen-bond acceptors (Lipinski definition) is 8. The minimum Gasteiger partial charge on any atom is -0.497 e. The molecule has 3 amide bonds. The van der Waals surface area contributed by atoms with Gasteiger partial charge in [0, 0.05) is 17.5 Å². The number of carbonyl (C=O) groups excluding carboxylic acids is 3. The van der Waals surface area contributed by atoms with Gasteiger partial charge < -0.3 is 29.6 Å². The summed E-state index contributed by atoms with van der Waals surface area (Å²) < 4.78 is 10.7. The lowest BCUT2D eigenvalue weighted by molar-refractivity contribution is -0.129. The number of carbonyl (C=O) groups is 3. The molecule has 0 saturated heterocycles. The second-order valence-electron chi connectivity index (χ2n) is 9.30. The minimum absolute atomic E-state index is 0.00943. The van der Waals surface area contributed by atoms with E-state index in [4.69, 9.17) is 9.15 Å². The molecule has 0 fully saturated rings. The molecule has 1 aromatic heterocycles. The number of methoxy groups -OCH3 is 1. The standard InChI is InChI=1S/C28H32N4O6S/c1-16(29-3)27(35)30-26-17(2)32(24(33)15-39-5)22-9-7-6-8-21(22)31(28(26)36)14-18-12-25(34)38-23-13-19(37-4)10-11-20(18)23/h6-13,16-17,26,29H,14-15H2,1-5H3,(H,30,35)/t16-,17-,26?/m0/s1. The highest BCUT2D eigenvalue weighted by molar-refractivity contribution is 7.99. The average Bonchev–Trinajstić information content (AvgIpc) is 3.01. The smallest absolute Gasteiger partial charge is 0.336 e. The summed E-state index contributed by atoms with van der Waals surface area (Å²) >= 11 is 1.38. The third kappa shape index (κ3) is 5.64. The van der Waals surface area contributed by atoms with Gasteiger partial charge in [0.2, 0.25) is 11.8 Å². The van der Waals surface area contributed by atoms with E-state index < -0.39 is 29.7 Å². The van der Waals surface area contributed by atoms with Crippen molar-refractivity contribution in [3.05, 3.63) is 64.5 Å². The number of rotatable bonds is 8. The van der Waals surface area contributed by atoms with Crippen LogP contribution < -0.4 is 30.8 Å². The van der Waals surface area contributed by atoms with Crippen molar-refractivity contribution in [2.75, 3.05) is 36.0 Å². The molecule has 0 aliphatic carbocycles. The summed E-state index contributed by atoms with van der Waals surface area (Å²) in [5.41, 5.74) is 1.35. The van der Waals surface area contributed by atoms with Crippen LogP contribution in [0.1, 0.15) is 19.4 Å². The lowest BCUT2D eigenvalue weighted by atomic mass is 10.1. The SMILES string of the molecule is CN[C@@H](C)C(=O)NC1C(=O)N(Cc2cc(=O)oc3cc(OC)ccc23)c2ccccc2N(C(=O)CSC)[C@H]1C. The summed E-state index contributed by atoms with van der Waals surface area (Å²) in [5, 5.41) is 6.38. The van der Waals surface area contributed by atoms with E-state index in [1.807, 2.05) is 6.26 Å². The minimum atomic E-state index is -1.04. The first-order valence-corrected chi connectivity index (χ1v) is 13.9. The van der Waals surface area contributed by atoms with Crippen molar-refractivity contribution in [3.63, 3.8) is 0 Å². The van der Waals surface area contributed by atoms with Gasteiger partial charge in [-0.25, -0.2) is 4.79 Å². The number of para-hydroxylation sites is 2. The highest BCUT2D eigenvalue weighted by atomic mass is 32.2. The Balaban J connectivity index is 1.88. The largest absolute Gasteiger partial charge is 0.497 e. The van der Waals surface area contributed by atoms with Crippen LogP contribution in [0, 0.1) is 0 Å². The van der Waals surface area contributed by atoms with E-state index in [-0.39, 0.29) is 24.1 Å². The number of nitrogens with zero attached hydrogens (tertiary/aromatic N) is 2. The molecule has 10 nitrogen and oxygen atoms in total. The summed E-state index contributed by atoms with van der Waals surface area (Å²) in [7, 11) is 3.17. The van der Waals surface area contributed by atoms with Gasteiger partial charge in [-0.3, -0.25) is 14.4 Å². The number of benzene rings is 2. The molecular formula is C28H32N4O6S. The maximum Gasteiger partial charge on any atom is 0.336 e. The van der Waals surface area contributed by atoms with E-state index in [1.165, 1.54) is 29.8 Å². The summed E-state index contributed by atoms with van der Waals surface area (Å²) in [4.78, 5) is 56.2. The Labute approximate surface area is 230 Å². The molecule has 2 heterocycles. The third-order valence-corrected chi connectivity index (χ3v) is 7.42. The predicted octanol–water partition coefficient (Wildman–Crippen LogP) is 2.53. The van der Waals surface area contributed by atoms with Gasteiger partial charge in [0.05, 0.1) is 42.9 Å². The molecule has 11 heteroatoms. The maximum absolute atomic E-state index is 14.2. The number of hydrogen-bond donors (Lipinski definition) is 2. The zero-order chi connectivity index (χ0) is 28.3. The molecule has 1 aliphatic heterocycles. The van der Waals surface area contributed by atoms with Crippen LogP contribution in [-0.4, -0.2) is 62.0 Å². The van der Waals surface area contributed by atoms with Gasteiger partial charge in [0.25, 0.3) is 5.91 Å². The first kappa shape index (κ1) is 28.2. The highest BCUT2D eigenvalue weighted by Crippen LogP contribution is 2.37. The topological polar surface area (TPSA) is 121 Å². The normalized spacial score (nSPS) is 17.9. The first-order chi connectivity index (χ1) is 18.7. The Kier molecular flexibility index (Phi) is 8.61. The van der Waals surface area contributed by atoms with E-state index in [1.54, 1.807) is 68.3 Å². The molecule has 1 aliphatic rings. The first-order valence-electron chi connectivity index (χ1n) is 12.5. The highest BCUT2D eigenvalue weighted by Gasteiger charge is 2.42. The fourth-order valence-corrected chi connectivity index (χ4v) is 5.09. The molecule has 4 rings (SSSR count). The summed E-state index contributed by atoms with van der Waals surface area (Å²) in [6.07, 6.45) is 1.83. The predicted molar refractivity (Wildman–Crippen MR) is 152 cm³/mol. The molecule has 0 radical (unpaired) electrons. The van der Waals surface area contributed by atoms with Crippen LogP contribution in [-0.2, 0) is 20.9 Å². The van der Waals surface area contributed by atoms with Gasteiger partial charge in [0.1, 0.15) is 17.4 Å². The lowest BCUT2D eigenvalue weighted by Crippen LogP contribution is -2.60. The Hall–Kier alpha value is -3.83. The van der Waals surface area contributed by atoms with Crippen molar-refractivity contribution < 1.29 is 23.5 Å². The van der Waals surface area contributed by atoms with Gasteiger partial charge >= 0.3 is 5.63 Å². The zero-order valence-electron chi connectivity index (χ0n) is 22.5. The van der Waals surface area contributed by atoms with Crippen LogP contribution in [0.25, 0.3) is 11.0 Å². The van der Waals surface area contributed by atoms with Crippen molar-refractivity contribution in [1.82, 2.24) is 10.6 Å². The summed E-state index contributed by atoms with van der Waals surface area (Å²) in [5.74, 6) is -0.232. The number of fused-ring (bicyclic) bond motifs is 2. The molecular weight excluding hydrogens is 520 g/mol. The van der Waals surface area contributed by atoms with Gasteiger partial charge in [-0.05, 0) is 57.0 Å². The number of amides is 3. The molecule has 0 saturated carbocycles. The fourth-order valence-electron chi connectivity index (χ4n) is 4.71. The molecule has 2 N–H and O–H groups in total. The Morgan fingerprint density at radius 3 is 2.51 bits per heavy atom. The second kappa shape index (κ2) is 11.9. The van der Waals surface area contributed by atoms with Crippen LogP contribution >= 0.6 is 11.8 Å². The molecule has 1 unspecified atom stereocenters. The second-order valence-corrected chi connectivity index (χ2v) is 10.2. The van der Waals surface area contributed by atoms with Crippen molar-refractivity contribution in [2.24, 2.45) is 0 Å². The van der Waals surface area contributed by atoms with Crippen LogP contribution in [0.15, 0.2) is 57.7 Å². The molecule has 3 aromatic rings. The van der Waals surface area contributed by atoms with Crippen LogP contribution in [0.4, 0.5) is 11.4 Å². The molecule has 2 aromatic carbocycles. The third-order valence-electron chi connectivity index (χ3n) is 6.88. The van der Waals surface area contributed by atoms with Crippen LogP contribution in [0.5, 0.6) is 5.75 Å². The monoisotopic (exact) mass is 552 g/mol. The van der Waals surface area contributed by atoms with Gasteiger partial charge in [-0.15, -0.1) is 0 Å². The Morgan fingerprint density at radius 2 is 1.85 bits per heavy atom. The van der Waals surface area contributed by atoms with Crippen LogP contribution in [0.2, 0.25) is 0 Å². The number of likely N-dealkylation sites (N-methyl/N-ethyl adjacent to an activating group) is 1. The van der Waals surface area contributed by atoms with Gasteiger partial charge in [0.15, 0.2) is 0 Å². The van der Waals surface area contributed by atoms with E-state index in [0.29, 0.717) is 33.7 Å². The van der Waals surface area contributed by atoms with E-state index in [0.717, 1.165) is 0 Å². The fraction of sp³-hybridized carbons (Fsp3) is 0.357. The Bertz CT molecular complexity index is 1460. The van der Waals surface area contributed by atoms with Crippen molar-refractivity contribution >= 4 is 51.8 Å². The number of thioether (sulfide) groups is 1. The molecule has 0 spiro atoms. The molecule has 206 valence electrons. The molecule has 3 atom stereocenters. The van der Waals surface area contributed by atoms with E-state index in [9.17, 15) is 19.2 Å². The zero-order valence-corrected chi connectivity index (χ0v) is 23.3. The van der Waals surface area contributed by atoms with Gasteiger partial charge in [-0.1, -0.05) is 12.1 Å². The van der Waals surface area contributed by atoms with Crippen LogP contribution in [0.3, 0.4) is 0 Å². The number of anilines is 2. The quantitative estimate of drug-likeness (QED) is 0.409. The molecule has 0 bridgehead atoms. The molecule has 39 heavy (non-hydrogen) atoms. The lowest BCUT2D eigenvalue weighted by Gasteiger charge is -2.32. The summed E-state index contributed by atoms with van der Waals surface area (Å²) in [6.45, 7) is 3.45. The average molecular weight is 553 g/mol. The van der Waals surface area contributed by atoms with Gasteiger partial charge in [-0.2, -0.15) is 11.8 Å². The van der Waals surface area contributed by atoms with E-state index >= 15 is 0 Å². The summed E-state index contributed by atoms with van der Waals surface area (Å²) in [6, 6.07) is 11.3. The van der Waals surface area contributed by atoms with Crippen molar-refractivity contribution in [3.8, 4) is 5.75 Å².